The van der Waals surface area contributed by atoms with Gasteiger partial charge in [0.1, 0.15) is 5.75 Å². The predicted octanol–water partition coefficient (Wildman–Crippen LogP) is 3.85. The molecule has 6 heteroatoms. The Kier molecular flexibility index (Phi) is 4.18. The molecule has 0 saturated heterocycles. The molecule has 0 aliphatic rings. The van der Waals surface area contributed by atoms with Gasteiger partial charge in [-0.15, -0.1) is 0 Å². The molecule has 0 aromatic heterocycles. The summed E-state index contributed by atoms with van der Waals surface area (Å²) in [7, 11) is 0. The molecule has 0 heterocycles. The summed E-state index contributed by atoms with van der Waals surface area (Å²) in [5, 5.41) is 10.9. The van der Waals surface area contributed by atoms with E-state index in [1.807, 2.05) is 0 Å². The Morgan fingerprint density at radius 3 is 2.57 bits per heavy atom. The number of rotatable bonds is 4. The van der Waals surface area contributed by atoms with E-state index in [-0.39, 0.29) is 17.2 Å². The number of nitro benzene ring substituents is 1. The highest BCUT2D eigenvalue weighted by Gasteiger charge is 2.18. The third kappa shape index (κ3) is 3.00. The lowest BCUT2D eigenvalue weighted by Gasteiger charge is -2.15. The van der Waals surface area contributed by atoms with Gasteiger partial charge in [0.25, 0.3) is 5.69 Å². The van der Waals surface area contributed by atoms with Gasteiger partial charge in [0.15, 0.2) is 11.6 Å². The lowest BCUT2D eigenvalue weighted by molar-refractivity contribution is -0.385. The first-order chi connectivity index (χ1) is 9.91. The minimum Gasteiger partial charge on any atom is -0.453 e. The molecule has 2 rings (SSSR count). The molecule has 2 aromatic carbocycles. The zero-order chi connectivity index (χ0) is 15.6. The fourth-order valence-electron chi connectivity index (χ4n) is 2.01. The van der Waals surface area contributed by atoms with E-state index in [0.29, 0.717) is 11.1 Å². The fourth-order valence-corrected chi connectivity index (χ4v) is 2.01. The largest absolute Gasteiger partial charge is 0.453 e. The number of nitrogens with two attached hydrogens (primary N) is 1. The summed E-state index contributed by atoms with van der Waals surface area (Å²) >= 11 is 0. The van der Waals surface area contributed by atoms with Crippen molar-refractivity contribution >= 4 is 5.69 Å². The number of ether oxygens (including phenoxy) is 1. The van der Waals surface area contributed by atoms with Gasteiger partial charge in [-0.05, 0) is 26.0 Å². The maximum absolute atomic E-state index is 14.0. The zero-order valence-corrected chi connectivity index (χ0v) is 11.7. The Morgan fingerprint density at radius 1 is 1.29 bits per heavy atom. The van der Waals surface area contributed by atoms with Crippen LogP contribution in [-0.2, 0) is 0 Å². The first kappa shape index (κ1) is 14.9. The maximum Gasteiger partial charge on any atom is 0.276 e. The molecule has 21 heavy (non-hydrogen) atoms. The van der Waals surface area contributed by atoms with Crippen LogP contribution in [0.15, 0.2) is 36.4 Å². The van der Waals surface area contributed by atoms with Crippen LogP contribution in [-0.4, -0.2) is 4.92 Å². The van der Waals surface area contributed by atoms with E-state index in [4.69, 9.17) is 10.5 Å². The van der Waals surface area contributed by atoms with Crippen molar-refractivity contribution in [3.05, 3.63) is 63.5 Å². The summed E-state index contributed by atoms with van der Waals surface area (Å²) in [4.78, 5) is 10.4. The number of nitro groups is 1. The van der Waals surface area contributed by atoms with Gasteiger partial charge in [0.2, 0.25) is 0 Å². The first-order valence-electron chi connectivity index (χ1n) is 6.37. The van der Waals surface area contributed by atoms with E-state index in [9.17, 15) is 14.5 Å². The average molecular weight is 290 g/mol. The summed E-state index contributed by atoms with van der Waals surface area (Å²) in [6.07, 6.45) is 0. The van der Waals surface area contributed by atoms with Crippen molar-refractivity contribution in [1.29, 1.82) is 0 Å². The highest BCUT2D eigenvalue weighted by Crippen LogP contribution is 2.35. The van der Waals surface area contributed by atoms with E-state index >= 15 is 0 Å². The van der Waals surface area contributed by atoms with E-state index in [0.717, 1.165) is 0 Å². The molecule has 0 bridgehead atoms. The van der Waals surface area contributed by atoms with Crippen molar-refractivity contribution in [1.82, 2.24) is 0 Å². The quantitative estimate of drug-likeness (QED) is 0.685. The monoisotopic (exact) mass is 290 g/mol. The van der Waals surface area contributed by atoms with Crippen molar-refractivity contribution < 1.29 is 14.1 Å². The Labute approximate surface area is 121 Å². The standard InChI is InChI=1S/C15H15FN2O3/c1-9-13(18(19)20)7-4-8-14(9)21-15-11(10(2)17)5-3-6-12(15)16/h3-8,10H,17H2,1-2H3/t10-/m1/s1. The first-order valence-corrected chi connectivity index (χ1v) is 6.37. The van der Waals surface area contributed by atoms with Crippen LogP contribution in [0.5, 0.6) is 11.5 Å². The summed E-state index contributed by atoms with van der Waals surface area (Å²) in [6.45, 7) is 3.27. The van der Waals surface area contributed by atoms with Crippen LogP contribution >= 0.6 is 0 Å². The third-order valence-corrected chi connectivity index (χ3v) is 3.15. The minimum absolute atomic E-state index is 0.00361. The Bertz CT molecular complexity index is 687. The summed E-state index contributed by atoms with van der Waals surface area (Å²) in [5.74, 6) is -0.331. The van der Waals surface area contributed by atoms with Crippen LogP contribution in [0.3, 0.4) is 0 Å². The predicted molar refractivity (Wildman–Crippen MR) is 76.9 cm³/mol. The maximum atomic E-state index is 14.0. The number of hydrogen-bond acceptors (Lipinski definition) is 4. The van der Waals surface area contributed by atoms with Crippen LogP contribution in [0.1, 0.15) is 24.1 Å². The molecule has 0 aliphatic carbocycles. The van der Waals surface area contributed by atoms with E-state index < -0.39 is 16.8 Å². The van der Waals surface area contributed by atoms with Crippen molar-refractivity contribution in [2.24, 2.45) is 5.73 Å². The van der Waals surface area contributed by atoms with Crippen molar-refractivity contribution in [3.63, 3.8) is 0 Å². The molecular formula is C15H15FN2O3. The Hall–Kier alpha value is -2.47. The minimum atomic E-state index is -0.560. The van der Waals surface area contributed by atoms with Crippen molar-refractivity contribution in [3.8, 4) is 11.5 Å². The second-order valence-electron chi connectivity index (χ2n) is 4.71. The summed E-state index contributed by atoms with van der Waals surface area (Å²) in [5.41, 5.74) is 6.56. The van der Waals surface area contributed by atoms with Gasteiger partial charge >= 0.3 is 0 Å². The fraction of sp³-hybridized carbons (Fsp3) is 0.200. The average Bonchev–Trinajstić information content (AvgIpc) is 2.42. The molecule has 5 nitrogen and oxygen atoms in total. The number of hydrogen-bond donors (Lipinski definition) is 1. The lowest BCUT2D eigenvalue weighted by Crippen LogP contribution is -2.08. The topological polar surface area (TPSA) is 78.4 Å². The number of halogens is 1. The van der Waals surface area contributed by atoms with Crippen molar-refractivity contribution in [2.45, 2.75) is 19.9 Å². The molecule has 2 N–H and O–H groups in total. The second kappa shape index (κ2) is 5.88. The SMILES string of the molecule is Cc1c(Oc2c(F)cccc2[C@@H](C)N)cccc1[N+](=O)[O-]. The lowest BCUT2D eigenvalue weighted by atomic mass is 10.1. The van der Waals surface area contributed by atoms with Crippen LogP contribution in [0.2, 0.25) is 0 Å². The van der Waals surface area contributed by atoms with Crippen molar-refractivity contribution in [2.75, 3.05) is 0 Å². The van der Waals surface area contributed by atoms with E-state index in [1.54, 1.807) is 32.0 Å². The van der Waals surface area contributed by atoms with Gasteiger partial charge in [-0.25, -0.2) is 4.39 Å². The van der Waals surface area contributed by atoms with Gasteiger partial charge in [-0.1, -0.05) is 18.2 Å². The van der Waals surface area contributed by atoms with Gasteiger partial charge in [0.05, 0.1) is 10.5 Å². The molecule has 0 aliphatic heterocycles. The highest BCUT2D eigenvalue weighted by molar-refractivity contribution is 5.51. The molecule has 0 radical (unpaired) electrons. The van der Waals surface area contributed by atoms with Gasteiger partial charge in [-0.2, -0.15) is 0 Å². The second-order valence-corrected chi connectivity index (χ2v) is 4.71. The highest BCUT2D eigenvalue weighted by atomic mass is 19.1. The van der Waals surface area contributed by atoms with Gasteiger partial charge < -0.3 is 10.5 Å². The molecule has 110 valence electrons. The number of nitrogens with zero attached hydrogens (tertiary/aromatic N) is 1. The molecule has 0 spiro atoms. The molecule has 2 aromatic rings. The smallest absolute Gasteiger partial charge is 0.276 e. The molecule has 0 fully saturated rings. The molecule has 0 unspecified atom stereocenters. The van der Waals surface area contributed by atoms with Crippen LogP contribution in [0.4, 0.5) is 10.1 Å². The number of benzene rings is 2. The van der Waals surface area contributed by atoms with E-state index in [2.05, 4.69) is 0 Å². The van der Waals surface area contributed by atoms with Gasteiger partial charge in [-0.3, -0.25) is 10.1 Å². The Balaban J connectivity index is 2.49. The van der Waals surface area contributed by atoms with E-state index in [1.165, 1.54) is 18.2 Å². The third-order valence-electron chi connectivity index (χ3n) is 3.15. The zero-order valence-electron chi connectivity index (χ0n) is 11.7. The Morgan fingerprint density at radius 2 is 1.95 bits per heavy atom. The van der Waals surface area contributed by atoms with Crippen LogP contribution < -0.4 is 10.5 Å². The van der Waals surface area contributed by atoms with Gasteiger partial charge in [0, 0.05) is 17.7 Å². The molecule has 0 saturated carbocycles. The van der Waals surface area contributed by atoms with Crippen LogP contribution in [0.25, 0.3) is 0 Å². The molecule has 0 amide bonds. The number of para-hydroxylation sites is 1. The van der Waals surface area contributed by atoms with Crippen LogP contribution in [0, 0.1) is 22.9 Å². The molecular weight excluding hydrogens is 275 g/mol. The summed E-state index contributed by atoms with van der Waals surface area (Å²) < 4.78 is 19.5. The molecule has 1 atom stereocenters. The normalized spacial score (nSPS) is 12.0. The summed E-state index contributed by atoms with van der Waals surface area (Å²) in [6, 6.07) is 8.46.